The summed E-state index contributed by atoms with van der Waals surface area (Å²) in [4.78, 5) is 27.6. The molecule has 0 unspecified atom stereocenters. The van der Waals surface area contributed by atoms with Gasteiger partial charge in [-0.2, -0.15) is 0 Å². The SMILES string of the molecule is CC(C)N1C=CN(C(=O)CCC(=O)c2ccc(Cl)cc2)C=C1. The molecule has 1 aliphatic heterocycles. The van der Waals surface area contributed by atoms with E-state index in [1.165, 1.54) is 4.90 Å². The molecule has 5 heteroatoms. The van der Waals surface area contributed by atoms with Crippen molar-refractivity contribution in [1.29, 1.82) is 0 Å². The number of ketones is 1. The molecule has 1 aliphatic rings. The first kappa shape index (κ1) is 16.3. The Labute approximate surface area is 135 Å². The van der Waals surface area contributed by atoms with Gasteiger partial charge in [-0.1, -0.05) is 11.6 Å². The molecule has 0 bridgehead atoms. The van der Waals surface area contributed by atoms with E-state index < -0.39 is 0 Å². The number of hydrogen-bond acceptors (Lipinski definition) is 3. The molecule has 22 heavy (non-hydrogen) atoms. The van der Waals surface area contributed by atoms with Crippen LogP contribution in [0.4, 0.5) is 0 Å². The zero-order chi connectivity index (χ0) is 16.1. The lowest BCUT2D eigenvalue weighted by atomic mass is 10.1. The van der Waals surface area contributed by atoms with Gasteiger partial charge >= 0.3 is 0 Å². The van der Waals surface area contributed by atoms with E-state index >= 15 is 0 Å². The van der Waals surface area contributed by atoms with Gasteiger partial charge in [-0.05, 0) is 38.1 Å². The van der Waals surface area contributed by atoms with Gasteiger partial charge in [0.1, 0.15) is 0 Å². The number of halogens is 1. The van der Waals surface area contributed by atoms with Gasteiger partial charge in [0.25, 0.3) is 0 Å². The van der Waals surface area contributed by atoms with Gasteiger partial charge in [0.15, 0.2) is 5.78 Å². The van der Waals surface area contributed by atoms with Crippen molar-refractivity contribution in [3.05, 3.63) is 59.7 Å². The summed E-state index contributed by atoms with van der Waals surface area (Å²) in [7, 11) is 0. The van der Waals surface area contributed by atoms with Gasteiger partial charge in [0.05, 0.1) is 0 Å². The first-order valence-corrected chi connectivity index (χ1v) is 7.59. The van der Waals surface area contributed by atoms with E-state index in [2.05, 4.69) is 13.8 Å². The Morgan fingerprint density at radius 3 is 2.14 bits per heavy atom. The monoisotopic (exact) mass is 318 g/mol. The van der Waals surface area contributed by atoms with Crippen LogP contribution in [0.1, 0.15) is 37.0 Å². The van der Waals surface area contributed by atoms with Crippen LogP contribution >= 0.6 is 11.6 Å². The van der Waals surface area contributed by atoms with Gasteiger partial charge in [0.2, 0.25) is 5.91 Å². The lowest BCUT2D eigenvalue weighted by Crippen LogP contribution is -2.28. The van der Waals surface area contributed by atoms with E-state index in [0.717, 1.165) is 0 Å². The number of rotatable bonds is 5. The maximum absolute atomic E-state index is 12.1. The fraction of sp³-hybridized carbons (Fsp3) is 0.294. The average Bonchev–Trinajstić information content (AvgIpc) is 2.53. The van der Waals surface area contributed by atoms with Crippen LogP contribution < -0.4 is 0 Å². The summed E-state index contributed by atoms with van der Waals surface area (Å²) < 4.78 is 0. The number of hydrogen-bond donors (Lipinski definition) is 0. The molecule has 1 amide bonds. The number of carbonyl (C=O) groups is 2. The van der Waals surface area contributed by atoms with Crippen LogP contribution in [0.3, 0.4) is 0 Å². The second-order valence-corrected chi connectivity index (χ2v) is 5.80. The molecule has 2 rings (SSSR count). The predicted molar refractivity (Wildman–Crippen MR) is 87.1 cm³/mol. The van der Waals surface area contributed by atoms with Gasteiger partial charge in [-0.25, -0.2) is 0 Å². The molecule has 1 aromatic rings. The normalized spacial score (nSPS) is 13.8. The Kier molecular flexibility index (Phi) is 5.39. The van der Waals surface area contributed by atoms with Crippen molar-refractivity contribution in [2.45, 2.75) is 32.7 Å². The molecule has 0 atom stereocenters. The lowest BCUT2D eigenvalue weighted by Gasteiger charge is -2.26. The van der Waals surface area contributed by atoms with Gasteiger partial charge in [-0.3, -0.25) is 14.5 Å². The summed E-state index contributed by atoms with van der Waals surface area (Å²) in [5, 5.41) is 0.589. The molecule has 0 fully saturated rings. The van der Waals surface area contributed by atoms with Crippen LogP contribution in [-0.4, -0.2) is 27.5 Å². The van der Waals surface area contributed by atoms with Crippen LogP contribution in [0.5, 0.6) is 0 Å². The first-order valence-electron chi connectivity index (χ1n) is 7.21. The fourth-order valence-corrected chi connectivity index (χ4v) is 2.16. The van der Waals surface area contributed by atoms with Crippen LogP contribution in [0.25, 0.3) is 0 Å². The highest BCUT2D eigenvalue weighted by Gasteiger charge is 2.15. The Bertz CT molecular complexity index is 592. The molecule has 0 aliphatic carbocycles. The second kappa shape index (κ2) is 7.27. The second-order valence-electron chi connectivity index (χ2n) is 5.37. The van der Waals surface area contributed by atoms with Crippen molar-refractivity contribution in [2.24, 2.45) is 0 Å². The van der Waals surface area contributed by atoms with E-state index in [4.69, 9.17) is 11.6 Å². The Balaban J connectivity index is 1.86. The molecule has 0 aromatic heterocycles. The first-order chi connectivity index (χ1) is 10.5. The van der Waals surface area contributed by atoms with Crippen LogP contribution in [0, 0.1) is 0 Å². The average molecular weight is 319 g/mol. The molecule has 4 nitrogen and oxygen atoms in total. The fourth-order valence-electron chi connectivity index (χ4n) is 2.04. The molecule has 0 saturated heterocycles. The smallest absolute Gasteiger partial charge is 0.231 e. The number of nitrogens with zero attached hydrogens (tertiary/aromatic N) is 2. The minimum Gasteiger partial charge on any atom is -0.349 e. The van der Waals surface area contributed by atoms with Crippen LogP contribution in [0.2, 0.25) is 5.02 Å². The molecule has 1 heterocycles. The molecule has 116 valence electrons. The minimum atomic E-state index is -0.0989. The highest BCUT2D eigenvalue weighted by atomic mass is 35.5. The largest absolute Gasteiger partial charge is 0.349 e. The highest BCUT2D eigenvalue weighted by Crippen LogP contribution is 2.14. The molecular weight excluding hydrogens is 300 g/mol. The van der Waals surface area contributed by atoms with E-state index in [9.17, 15) is 9.59 Å². The molecule has 0 saturated carbocycles. The molecule has 1 aromatic carbocycles. The van der Waals surface area contributed by atoms with E-state index in [1.54, 1.807) is 36.7 Å². The third kappa shape index (κ3) is 4.21. The van der Waals surface area contributed by atoms with Crippen molar-refractivity contribution in [3.63, 3.8) is 0 Å². The topological polar surface area (TPSA) is 40.6 Å². The third-order valence-corrected chi connectivity index (χ3v) is 3.67. The predicted octanol–water partition coefficient (Wildman–Crippen LogP) is 3.80. The number of Topliss-reactive ketones (excluding diaryl/α,β-unsaturated/α-hetero) is 1. The summed E-state index contributed by atoms with van der Waals surface area (Å²) in [6.07, 6.45) is 7.50. The molecule has 0 N–H and O–H groups in total. The summed E-state index contributed by atoms with van der Waals surface area (Å²) in [5.41, 5.74) is 0.577. The maximum atomic E-state index is 12.1. The zero-order valence-corrected chi connectivity index (χ0v) is 13.5. The molecular formula is C17H19ClN2O2. The van der Waals surface area contributed by atoms with E-state index in [1.807, 2.05) is 17.3 Å². The Morgan fingerprint density at radius 1 is 1.00 bits per heavy atom. The van der Waals surface area contributed by atoms with E-state index in [-0.39, 0.29) is 24.5 Å². The van der Waals surface area contributed by atoms with E-state index in [0.29, 0.717) is 16.6 Å². The van der Waals surface area contributed by atoms with Crippen LogP contribution in [0.15, 0.2) is 49.1 Å². The standard InChI is InChI=1S/C17H19ClN2O2/c1-13(2)19-9-11-20(12-10-19)17(22)8-7-16(21)14-3-5-15(18)6-4-14/h3-6,9-13H,7-8H2,1-2H3. The third-order valence-electron chi connectivity index (χ3n) is 3.42. The Morgan fingerprint density at radius 2 is 1.59 bits per heavy atom. The summed E-state index contributed by atoms with van der Waals surface area (Å²) >= 11 is 5.79. The van der Waals surface area contributed by atoms with Gasteiger partial charge in [0, 0.05) is 54.3 Å². The van der Waals surface area contributed by atoms with Crippen molar-refractivity contribution in [1.82, 2.24) is 9.80 Å². The lowest BCUT2D eigenvalue weighted by molar-refractivity contribution is -0.126. The number of benzene rings is 1. The van der Waals surface area contributed by atoms with Crippen molar-refractivity contribution in [3.8, 4) is 0 Å². The number of amides is 1. The zero-order valence-electron chi connectivity index (χ0n) is 12.7. The maximum Gasteiger partial charge on any atom is 0.231 e. The van der Waals surface area contributed by atoms with Crippen molar-refractivity contribution >= 4 is 23.3 Å². The van der Waals surface area contributed by atoms with Gasteiger partial charge < -0.3 is 4.90 Å². The summed E-state index contributed by atoms with van der Waals surface area (Å²) in [6.45, 7) is 4.13. The summed E-state index contributed by atoms with van der Waals surface area (Å²) in [5.74, 6) is -0.156. The number of carbonyl (C=O) groups excluding carboxylic acids is 2. The summed E-state index contributed by atoms with van der Waals surface area (Å²) in [6, 6.07) is 7.05. The molecule has 0 radical (unpaired) electrons. The minimum absolute atomic E-state index is 0.0567. The quantitative estimate of drug-likeness (QED) is 0.775. The van der Waals surface area contributed by atoms with Gasteiger partial charge in [-0.15, -0.1) is 0 Å². The van der Waals surface area contributed by atoms with Crippen molar-refractivity contribution in [2.75, 3.05) is 0 Å². The van der Waals surface area contributed by atoms with Crippen LogP contribution in [-0.2, 0) is 4.79 Å². The highest BCUT2D eigenvalue weighted by molar-refractivity contribution is 6.30. The Hall–Kier alpha value is -2.07. The van der Waals surface area contributed by atoms with Crippen molar-refractivity contribution < 1.29 is 9.59 Å². The molecule has 0 spiro atoms.